The molecule has 3 heterocycles. The van der Waals surface area contributed by atoms with E-state index in [0.29, 0.717) is 22.9 Å². The van der Waals surface area contributed by atoms with Crippen LogP contribution in [0.25, 0.3) is 16.9 Å². The molecule has 10 heteroatoms. The van der Waals surface area contributed by atoms with Crippen molar-refractivity contribution in [2.45, 2.75) is 6.92 Å². The third kappa shape index (κ3) is 5.17. The minimum atomic E-state index is -0.594. The molecule has 2 amide bonds. The number of hydrogen-bond acceptors (Lipinski definition) is 5. The van der Waals surface area contributed by atoms with Crippen molar-refractivity contribution in [1.82, 2.24) is 24.7 Å². The van der Waals surface area contributed by atoms with Gasteiger partial charge in [-0.3, -0.25) is 10.1 Å². The van der Waals surface area contributed by atoms with Crippen molar-refractivity contribution < 1.29 is 13.9 Å². The molecular weight excluding hydrogens is 449 g/mol. The van der Waals surface area contributed by atoms with Gasteiger partial charge in [-0.05, 0) is 43.3 Å². The number of carbonyl (C=O) groups is 1. The number of aromatic amines is 1. The van der Waals surface area contributed by atoms with Gasteiger partial charge in [-0.2, -0.15) is 5.10 Å². The Morgan fingerprint density at radius 3 is 2.74 bits per heavy atom. The Balaban J connectivity index is 1.28. The van der Waals surface area contributed by atoms with Gasteiger partial charge in [-0.25, -0.2) is 14.2 Å². The molecule has 0 spiro atoms. The summed E-state index contributed by atoms with van der Waals surface area (Å²) >= 11 is 0. The van der Waals surface area contributed by atoms with E-state index < -0.39 is 11.8 Å². The standard InChI is InChI=1S/C25H20FN7O2/c1-16-14-33(15-28-16)19-4-2-3-18(9-19)31-25(34)32-24-11-20(5-6-22(24)26)35-21-7-8-27-23(10-21)17-12-29-30-13-17/h2-15H,1H3,(H,29,30)(H2,31,32,34). The molecule has 35 heavy (non-hydrogen) atoms. The lowest BCUT2D eigenvalue weighted by Gasteiger charge is -2.12. The monoisotopic (exact) mass is 469 g/mol. The van der Waals surface area contributed by atoms with E-state index >= 15 is 0 Å². The van der Waals surface area contributed by atoms with E-state index in [1.54, 1.807) is 49.2 Å². The molecule has 5 aromatic rings. The van der Waals surface area contributed by atoms with E-state index in [2.05, 4.69) is 30.8 Å². The first-order valence-electron chi connectivity index (χ1n) is 10.7. The fourth-order valence-corrected chi connectivity index (χ4v) is 3.41. The number of rotatable bonds is 6. The summed E-state index contributed by atoms with van der Waals surface area (Å²) in [6.07, 6.45) is 8.54. The van der Waals surface area contributed by atoms with Gasteiger partial charge in [0.1, 0.15) is 17.3 Å². The highest BCUT2D eigenvalue weighted by Crippen LogP contribution is 2.28. The first kappa shape index (κ1) is 21.8. The zero-order valence-corrected chi connectivity index (χ0v) is 18.6. The summed E-state index contributed by atoms with van der Waals surface area (Å²) in [7, 11) is 0. The molecule has 0 fully saturated rings. The number of carbonyl (C=O) groups excluding carboxylic acids is 1. The Labute approximate surface area is 199 Å². The van der Waals surface area contributed by atoms with Gasteiger partial charge in [-0.1, -0.05) is 6.07 Å². The SMILES string of the molecule is Cc1cn(-c2cccc(NC(=O)Nc3cc(Oc4ccnc(-c5cn[nH]c5)c4)ccc3F)c2)cn1. The molecule has 3 aromatic heterocycles. The Morgan fingerprint density at radius 1 is 1.06 bits per heavy atom. The molecule has 0 radical (unpaired) electrons. The number of amides is 2. The number of nitrogens with one attached hydrogen (secondary N) is 3. The third-order valence-corrected chi connectivity index (χ3v) is 5.06. The van der Waals surface area contributed by atoms with Crippen LogP contribution in [0.5, 0.6) is 11.5 Å². The normalized spacial score (nSPS) is 10.7. The summed E-state index contributed by atoms with van der Waals surface area (Å²) < 4.78 is 22.1. The predicted octanol–water partition coefficient (Wildman–Crippen LogP) is 5.54. The molecule has 0 atom stereocenters. The second-order valence-electron chi connectivity index (χ2n) is 7.66. The number of H-pyrrole nitrogens is 1. The van der Waals surface area contributed by atoms with Gasteiger partial charge in [0.2, 0.25) is 0 Å². The second-order valence-corrected chi connectivity index (χ2v) is 7.66. The average molecular weight is 469 g/mol. The van der Waals surface area contributed by atoms with Gasteiger partial charge < -0.3 is 19.9 Å². The molecule has 9 nitrogen and oxygen atoms in total. The van der Waals surface area contributed by atoms with Crippen LogP contribution in [-0.2, 0) is 0 Å². The number of imidazole rings is 1. The summed E-state index contributed by atoms with van der Waals surface area (Å²) in [6, 6.07) is 14.2. The largest absolute Gasteiger partial charge is 0.457 e. The van der Waals surface area contributed by atoms with E-state index in [9.17, 15) is 9.18 Å². The molecule has 0 bridgehead atoms. The average Bonchev–Trinajstić information content (AvgIpc) is 3.54. The highest BCUT2D eigenvalue weighted by atomic mass is 19.1. The van der Waals surface area contributed by atoms with E-state index in [1.807, 2.05) is 29.8 Å². The van der Waals surface area contributed by atoms with E-state index in [-0.39, 0.29) is 5.69 Å². The van der Waals surface area contributed by atoms with Crippen molar-refractivity contribution in [3.8, 4) is 28.4 Å². The fraction of sp³-hybridized carbons (Fsp3) is 0.0400. The smallest absolute Gasteiger partial charge is 0.323 e. The van der Waals surface area contributed by atoms with Gasteiger partial charge in [0.25, 0.3) is 0 Å². The highest BCUT2D eigenvalue weighted by molar-refractivity contribution is 6.00. The lowest BCUT2D eigenvalue weighted by molar-refractivity contribution is 0.262. The number of hydrogen-bond donors (Lipinski definition) is 3. The van der Waals surface area contributed by atoms with Crippen LogP contribution < -0.4 is 15.4 Å². The fourth-order valence-electron chi connectivity index (χ4n) is 3.41. The third-order valence-electron chi connectivity index (χ3n) is 5.06. The van der Waals surface area contributed by atoms with Gasteiger partial charge in [0.15, 0.2) is 0 Å². The number of halogens is 1. The topological polar surface area (TPSA) is 110 Å². The number of pyridine rings is 1. The quantitative estimate of drug-likeness (QED) is 0.302. The highest BCUT2D eigenvalue weighted by Gasteiger charge is 2.11. The van der Waals surface area contributed by atoms with Crippen molar-refractivity contribution in [3.05, 3.63) is 97.2 Å². The molecule has 0 aliphatic heterocycles. The maximum atomic E-state index is 14.4. The molecule has 0 aliphatic rings. The zero-order valence-electron chi connectivity index (χ0n) is 18.6. The van der Waals surface area contributed by atoms with Crippen LogP contribution in [0, 0.1) is 12.7 Å². The molecule has 5 rings (SSSR count). The van der Waals surface area contributed by atoms with Crippen LogP contribution in [0.3, 0.4) is 0 Å². The molecule has 0 unspecified atom stereocenters. The van der Waals surface area contributed by atoms with Crippen LogP contribution in [0.4, 0.5) is 20.6 Å². The van der Waals surface area contributed by atoms with Crippen molar-refractivity contribution >= 4 is 17.4 Å². The van der Waals surface area contributed by atoms with Crippen LogP contribution in [-0.4, -0.2) is 30.8 Å². The maximum Gasteiger partial charge on any atom is 0.323 e. The number of anilines is 2. The summed E-state index contributed by atoms with van der Waals surface area (Å²) in [6.45, 7) is 1.89. The first-order chi connectivity index (χ1) is 17.0. The minimum absolute atomic E-state index is 0.0227. The number of ether oxygens (including phenoxy) is 1. The van der Waals surface area contributed by atoms with Crippen LogP contribution >= 0.6 is 0 Å². The second kappa shape index (κ2) is 9.48. The molecule has 3 N–H and O–H groups in total. The van der Waals surface area contributed by atoms with E-state index in [0.717, 1.165) is 16.9 Å². The summed E-state index contributed by atoms with van der Waals surface area (Å²) in [5.74, 6) is 0.261. The van der Waals surface area contributed by atoms with E-state index in [1.165, 1.54) is 18.2 Å². The van der Waals surface area contributed by atoms with Gasteiger partial charge in [-0.15, -0.1) is 0 Å². The Kier molecular flexibility index (Phi) is 5.91. The maximum absolute atomic E-state index is 14.4. The number of urea groups is 1. The predicted molar refractivity (Wildman–Crippen MR) is 129 cm³/mol. The molecule has 174 valence electrons. The Bertz CT molecular complexity index is 1480. The van der Waals surface area contributed by atoms with Crippen LogP contribution in [0.1, 0.15) is 5.69 Å². The Morgan fingerprint density at radius 2 is 1.94 bits per heavy atom. The minimum Gasteiger partial charge on any atom is -0.457 e. The summed E-state index contributed by atoms with van der Waals surface area (Å²) in [4.78, 5) is 21.1. The molecule has 2 aromatic carbocycles. The molecule has 0 aliphatic carbocycles. The number of aromatic nitrogens is 5. The van der Waals surface area contributed by atoms with Crippen LogP contribution in [0.2, 0.25) is 0 Å². The molecule has 0 saturated heterocycles. The summed E-state index contributed by atoms with van der Waals surface area (Å²) in [5, 5.41) is 11.9. The number of benzene rings is 2. The van der Waals surface area contributed by atoms with Gasteiger partial charge in [0, 0.05) is 47.7 Å². The van der Waals surface area contributed by atoms with Crippen molar-refractivity contribution in [2.24, 2.45) is 0 Å². The van der Waals surface area contributed by atoms with Gasteiger partial charge >= 0.3 is 6.03 Å². The van der Waals surface area contributed by atoms with E-state index in [4.69, 9.17) is 4.74 Å². The summed E-state index contributed by atoms with van der Waals surface area (Å²) in [5.41, 5.74) is 3.71. The van der Waals surface area contributed by atoms with Crippen LogP contribution in [0.15, 0.2) is 85.7 Å². The van der Waals surface area contributed by atoms with Crippen molar-refractivity contribution in [3.63, 3.8) is 0 Å². The molecular formula is C25H20FN7O2. The number of aryl methyl sites for hydroxylation is 1. The van der Waals surface area contributed by atoms with Crippen molar-refractivity contribution in [1.29, 1.82) is 0 Å². The lowest BCUT2D eigenvalue weighted by atomic mass is 10.2. The lowest BCUT2D eigenvalue weighted by Crippen LogP contribution is -2.20. The van der Waals surface area contributed by atoms with Gasteiger partial charge in [0.05, 0.1) is 29.6 Å². The Hall–Kier alpha value is -4.99. The molecule has 0 saturated carbocycles. The van der Waals surface area contributed by atoms with Crippen molar-refractivity contribution in [2.75, 3.05) is 10.6 Å². The number of nitrogens with zero attached hydrogens (tertiary/aromatic N) is 4. The first-order valence-corrected chi connectivity index (χ1v) is 10.7. The zero-order chi connectivity index (χ0) is 24.2.